The highest BCUT2D eigenvalue weighted by Gasteiger charge is 2.16. The zero-order valence-electron chi connectivity index (χ0n) is 15.3. The summed E-state index contributed by atoms with van der Waals surface area (Å²) in [5.41, 5.74) is 1.13. The topological polar surface area (TPSA) is 66.0 Å². The van der Waals surface area contributed by atoms with E-state index in [1.54, 1.807) is 0 Å². The molecule has 1 aliphatic heterocycles. The number of guanidine groups is 1. The van der Waals surface area contributed by atoms with Crippen molar-refractivity contribution in [3.63, 3.8) is 0 Å². The van der Waals surface area contributed by atoms with E-state index in [4.69, 9.17) is 4.74 Å². The quantitative estimate of drug-likeness (QED) is 0.556. The van der Waals surface area contributed by atoms with Crippen LogP contribution < -0.4 is 10.6 Å². The molecule has 138 valence electrons. The predicted octanol–water partition coefficient (Wildman–Crippen LogP) is 1.77. The highest BCUT2D eigenvalue weighted by molar-refractivity contribution is 5.85. The summed E-state index contributed by atoms with van der Waals surface area (Å²) in [6.45, 7) is 7.75. The lowest BCUT2D eigenvalue weighted by atomic mass is 10.2. The molecule has 6 heteroatoms. The minimum absolute atomic E-state index is 0.0284. The second kappa shape index (κ2) is 10.7. The Morgan fingerprint density at radius 3 is 2.72 bits per heavy atom. The number of aliphatic imine (C=N–C) groups is 1. The molecule has 1 saturated heterocycles. The van der Waals surface area contributed by atoms with Crippen LogP contribution in [0.2, 0.25) is 0 Å². The first-order chi connectivity index (χ1) is 12.2. The van der Waals surface area contributed by atoms with Crippen LogP contribution in [0.25, 0.3) is 0 Å². The number of nitrogens with zero attached hydrogens (tertiary/aromatic N) is 2. The summed E-state index contributed by atoms with van der Waals surface area (Å²) in [5.74, 6) is 0.697. The Bertz CT molecular complexity index is 542. The van der Waals surface area contributed by atoms with Gasteiger partial charge in [-0.1, -0.05) is 30.3 Å². The van der Waals surface area contributed by atoms with E-state index in [9.17, 15) is 4.79 Å². The number of hydrogen-bond donors (Lipinski definition) is 2. The van der Waals surface area contributed by atoms with Crippen molar-refractivity contribution in [1.29, 1.82) is 0 Å². The molecule has 1 aliphatic rings. The van der Waals surface area contributed by atoms with E-state index in [-0.39, 0.29) is 18.6 Å². The second-order valence-corrected chi connectivity index (χ2v) is 6.10. The number of ether oxygens (including phenoxy) is 1. The molecule has 25 heavy (non-hydrogen) atoms. The Labute approximate surface area is 150 Å². The Hall–Kier alpha value is -2.08. The maximum Gasteiger partial charge on any atom is 0.244 e. The smallest absolute Gasteiger partial charge is 0.244 e. The van der Waals surface area contributed by atoms with E-state index in [0.29, 0.717) is 19.0 Å². The summed E-state index contributed by atoms with van der Waals surface area (Å²) < 4.78 is 5.61. The van der Waals surface area contributed by atoms with Gasteiger partial charge in [0.05, 0.1) is 6.10 Å². The average Bonchev–Trinajstić information content (AvgIpc) is 3.16. The summed E-state index contributed by atoms with van der Waals surface area (Å²) in [4.78, 5) is 18.7. The highest BCUT2D eigenvalue weighted by atomic mass is 16.5. The third-order valence-corrected chi connectivity index (χ3v) is 4.19. The van der Waals surface area contributed by atoms with E-state index in [0.717, 1.165) is 38.1 Å². The summed E-state index contributed by atoms with van der Waals surface area (Å²) in [6.07, 6.45) is 2.43. The third-order valence-electron chi connectivity index (χ3n) is 4.19. The van der Waals surface area contributed by atoms with Gasteiger partial charge in [-0.3, -0.25) is 4.79 Å². The minimum atomic E-state index is 0.0284. The van der Waals surface area contributed by atoms with Crippen LogP contribution in [0.5, 0.6) is 0 Å². The highest BCUT2D eigenvalue weighted by Crippen LogP contribution is 2.10. The number of hydrogen-bond acceptors (Lipinski definition) is 3. The first-order valence-electron chi connectivity index (χ1n) is 9.18. The molecule has 2 rings (SSSR count). The van der Waals surface area contributed by atoms with Crippen LogP contribution in [0.1, 0.15) is 32.3 Å². The predicted molar refractivity (Wildman–Crippen MR) is 100 cm³/mol. The molecule has 1 unspecified atom stereocenters. The molecule has 0 aromatic heterocycles. The summed E-state index contributed by atoms with van der Waals surface area (Å²) in [7, 11) is 0. The molecule has 1 atom stereocenters. The SMILES string of the molecule is CCNC(=NCC(=O)N(CC)Cc1ccccc1)NCC1CCCO1. The van der Waals surface area contributed by atoms with Crippen molar-refractivity contribution in [3.8, 4) is 0 Å². The van der Waals surface area contributed by atoms with Gasteiger partial charge >= 0.3 is 0 Å². The van der Waals surface area contributed by atoms with E-state index < -0.39 is 0 Å². The van der Waals surface area contributed by atoms with Crippen molar-refractivity contribution in [3.05, 3.63) is 35.9 Å². The maximum absolute atomic E-state index is 12.5. The molecule has 0 bridgehead atoms. The van der Waals surface area contributed by atoms with Gasteiger partial charge in [0.25, 0.3) is 0 Å². The van der Waals surface area contributed by atoms with Crippen LogP contribution in [0, 0.1) is 0 Å². The first kappa shape index (κ1) is 19.2. The van der Waals surface area contributed by atoms with Gasteiger partial charge in [-0.2, -0.15) is 0 Å². The number of benzene rings is 1. The fourth-order valence-corrected chi connectivity index (χ4v) is 2.78. The minimum Gasteiger partial charge on any atom is -0.376 e. The molecular formula is C19H30N4O2. The van der Waals surface area contributed by atoms with Gasteiger partial charge in [0.1, 0.15) is 6.54 Å². The normalized spacial score (nSPS) is 17.4. The lowest BCUT2D eigenvalue weighted by Crippen LogP contribution is -2.42. The zero-order valence-corrected chi connectivity index (χ0v) is 15.3. The second-order valence-electron chi connectivity index (χ2n) is 6.10. The van der Waals surface area contributed by atoms with Crippen LogP contribution in [0.4, 0.5) is 0 Å². The molecule has 1 aromatic rings. The number of carbonyl (C=O) groups excluding carboxylic acids is 1. The van der Waals surface area contributed by atoms with Crippen LogP contribution in [-0.2, 0) is 16.1 Å². The standard InChI is InChI=1S/C19H30N4O2/c1-3-20-19(21-13-17-11-8-12-25-17)22-14-18(24)23(4-2)15-16-9-6-5-7-10-16/h5-7,9-10,17H,3-4,8,11-15H2,1-2H3,(H2,20,21,22). The van der Waals surface area contributed by atoms with Crippen molar-refractivity contribution >= 4 is 11.9 Å². The molecule has 0 saturated carbocycles. The van der Waals surface area contributed by atoms with Crippen LogP contribution in [0.15, 0.2) is 35.3 Å². The molecule has 0 spiro atoms. The largest absolute Gasteiger partial charge is 0.376 e. The van der Waals surface area contributed by atoms with Crippen molar-refractivity contribution in [2.24, 2.45) is 4.99 Å². The molecule has 6 nitrogen and oxygen atoms in total. The lowest BCUT2D eigenvalue weighted by Gasteiger charge is -2.20. The lowest BCUT2D eigenvalue weighted by molar-refractivity contribution is -0.130. The summed E-state index contributed by atoms with van der Waals surface area (Å²) in [5, 5.41) is 6.45. The van der Waals surface area contributed by atoms with E-state index in [1.165, 1.54) is 0 Å². The van der Waals surface area contributed by atoms with Gasteiger partial charge in [-0.05, 0) is 32.3 Å². The van der Waals surface area contributed by atoms with Gasteiger partial charge in [0.2, 0.25) is 5.91 Å². The molecular weight excluding hydrogens is 316 g/mol. The fraction of sp³-hybridized carbons (Fsp3) is 0.579. The number of amides is 1. The number of likely N-dealkylation sites (N-methyl/N-ethyl adjacent to an activating group) is 1. The Morgan fingerprint density at radius 2 is 2.08 bits per heavy atom. The number of nitrogens with one attached hydrogen (secondary N) is 2. The monoisotopic (exact) mass is 346 g/mol. The molecule has 0 aliphatic carbocycles. The Kier molecular flexibility index (Phi) is 8.25. The van der Waals surface area contributed by atoms with Crippen LogP contribution in [-0.4, -0.2) is 55.7 Å². The Balaban J connectivity index is 1.86. The number of carbonyl (C=O) groups is 1. The summed E-state index contributed by atoms with van der Waals surface area (Å²) >= 11 is 0. The van der Waals surface area contributed by atoms with Crippen LogP contribution >= 0.6 is 0 Å². The van der Waals surface area contributed by atoms with Gasteiger partial charge in [-0.25, -0.2) is 4.99 Å². The van der Waals surface area contributed by atoms with Crippen molar-refractivity contribution in [1.82, 2.24) is 15.5 Å². The maximum atomic E-state index is 12.5. The molecule has 2 N–H and O–H groups in total. The molecule has 1 heterocycles. The van der Waals surface area contributed by atoms with E-state index in [1.807, 2.05) is 49.1 Å². The van der Waals surface area contributed by atoms with Gasteiger partial charge in [0.15, 0.2) is 5.96 Å². The van der Waals surface area contributed by atoms with Crippen molar-refractivity contribution in [2.75, 3.05) is 32.8 Å². The average molecular weight is 346 g/mol. The fourth-order valence-electron chi connectivity index (χ4n) is 2.78. The van der Waals surface area contributed by atoms with Crippen molar-refractivity contribution in [2.45, 2.75) is 39.3 Å². The Morgan fingerprint density at radius 1 is 1.28 bits per heavy atom. The van der Waals surface area contributed by atoms with Gasteiger partial charge in [-0.15, -0.1) is 0 Å². The van der Waals surface area contributed by atoms with Gasteiger partial charge < -0.3 is 20.3 Å². The third kappa shape index (κ3) is 6.74. The van der Waals surface area contributed by atoms with E-state index in [2.05, 4.69) is 15.6 Å². The van der Waals surface area contributed by atoms with Crippen molar-refractivity contribution < 1.29 is 9.53 Å². The molecule has 0 radical (unpaired) electrons. The zero-order chi connectivity index (χ0) is 17.9. The van der Waals surface area contributed by atoms with Gasteiger partial charge in [0, 0.05) is 32.8 Å². The molecule has 1 amide bonds. The first-order valence-corrected chi connectivity index (χ1v) is 9.18. The number of rotatable bonds is 8. The van der Waals surface area contributed by atoms with E-state index >= 15 is 0 Å². The van der Waals surface area contributed by atoms with Crippen LogP contribution in [0.3, 0.4) is 0 Å². The molecule has 1 aromatic carbocycles. The molecule has 1 fully saturated rings. The summed E-state index contributed by atoms with van der Waals surface area (Å²) in [6, 6.07) is 10.0.